The average Bonchev–Trinajstić information content (AvgIpc) is 2.16. The van der Waals surface area contributed by atoms with Crippen LogP contribution in [0, 0.1) is 0 Å². The fraction of sp³-hybridized carbons (Fsp3) is 0.417. The summed E-state index contributed by atoms with van der Waals surface area (Å²) in [6, 6.07) is 6.91. The Bertz CT molecular complexity index is 433. The van der Waals surface area contributed by atoms with E-state index < -0.39 is 11.0 Å². The lowest BCUT2D eigenvalue weighted by Crippen LogP contribution is -2.20. The summed E-state index contributed by atoms with van der Waals surface area (Å²) in [5.74, 6) is 0.162. The van der Waals surface area contributed by atoms with Crippen molar-refractivity contribution < 1.29 is 9.32 Å². The Balaban J connectivity index is 3.04. The molecular weight excluding hydrogens is 222 g/mol. The van der Waals surface area contributed by atoms with E-state index in [-0.39, 0.29) is 10.5 Å². The van der Waals surface area contributed by atoms with Crippen LogP contribution in [0.1, 0.15) is 33.3 Å². The van der Waals surface area contributed by atoms with E-state index in [0.717, 1.165) is 0 Å². The van der Waals surface area contributed by atoms with Gasteiger partial charge in [0.15, 0.2) is 0 Å². The molecular formula is C12H17NO2S. The second-order valence-corrected chi connectivity index (χ2v) is 6.46. The first kappa shape index (κ1) is 12.9. The molecule has 0 aliphatic carbocycles. The molecule has 1 N–H and O–H groups in total. The van der Waals surface area contributed by atoms with Crippen molar-refractivity contribution in [2.45, 2.75) is 32.4 Å². The topological polar surface area (TPSA) is 49.7 Å². The molecule has 0 radical (unpaired) electrons. The summed E-state index contributed by atoms with van der Waals surface area (Å²) in [5.41, 5.74) is 1.21. The van der Waals surface area contributed by atoms with Crippen LogP contribution in [0.3, 0.4) is 0 Å². The highest BCUT2D eigenvalue weighted by Gasteiger charge is 2.19. The molecule has 0 heterocycles. The number of aromatic hydroxyl groups is 1. The van der Waals surface area contributed by atoms with Crippen LogP contribution in [-0.4, -0.2) is 19.8 Å². The Labute approximate surface area is 98.8 Å². The standard InChI is InChI=1S/C12H17NO2S/c1-9(13-16(15)12(2,3)4)10-7-5-6-8-11(10)14/h5-8,14H,1-4H3. The first-order valence-electron chi connectivity index (χ1n) is 5.08. The Hall–Kier alpha value is -1.16. The van der Waals surface area contributed by atoms with Gasteiger partial charge in [-0.15, -0.1) is 0 Å². The van der Waals surface area contributed by atoms with Gasteiger partial charge in [-0.1, -0.05) is 12.1 Å². The third-order valence-corrected chi connectivity index (χ3v) is 3.52. The highest BCUT2D eigenvalue weighted by atomic mass is 32.2. The maximum atomic E-state index is 11.8. The minimum Gasteiger partial charge on any atom is -0.507 e. The molecule has 0 saturated heterocycles. The maximum absolute atomic E-state index is 11.8. The lowest BCUT2D eigenvalue weighted by molar-refractivity contribution is 0.474. The van der Waals surface area contributed by atoms with E-state index in [0.29, 0.717) is 11.3 Å². The van der Waals surface area contributed by atoms with Gasteiger partial charge in [0.25, 0.3) is 0 Å². The predicted octanol–water partition coefficient (Wildman–Crippen LogP) is 2.66. The predicted molar refractivity (Wildman–Crippen MR) is 68.2 cm³/mol. The van der Waals surface area contributed by atoms with Crippen LogP contribution >= 0.6 is 0 Å². The largest absolute Gasteiger partial charge is 0.507 e. The third kappa shape index (κ3) is 3.17. The van der Waals surface area contributed by atoms with E-state index in [1.807, 2.05) is 26.8 Å². The fourth-order valence-corrected chi connectivity index (χ4v) is 1.71. The lowest BCUT2D eigenvalue weighted by Gasteiger charge is -2.14. The van der Waals surface area contributed by atoms with Crippen molar-refractivity contribution in [3.63, 3.8) is 0 Å². The second kappa shape index (κ2) is 4.78. The molecule has 88 valence electrons. The highest BCUT2D eigenvalue weighted by molar-refractivity contribution is 7.85. The van der Waals surface area contributed by atoms with E-state index >= 15 is 0 Å². The van der Waals surface area contributed by atoms with Crippen LogP contribution in [0.5, 0.6) is 5.75 Å². The molecule has 0 aliphatic heterocycles. The maximum Gasteiger partial charge on any atom is 0.145 e. The van der Waals surface area contributed by atoms with Crippen LogP contribution in [0.4, 0.5) is 0 Å². The zero-order valence-corrected chi connectivity index (χ0v) is 10.8. The summed E-state index contributed by atoms with van der Waals surface area (Å²) < 4.78 is 15.5. The Morgan fingerprint density at radius 1 is 1.31 bits per heavy atom. The number of phenolic OH excluding ortho intramolecular Hbond substituents is 1. The molecule has 1 rings (SSSR count). The van der Waals surface area contributed by atoms with Gasteiger partial charge in [-0.05, 0) is 39.8 Å². The van der Waals surface area contributed by atoms with Crippen molar-refractivity contribution in [2.75, 3.05) is 0 Å². The Morgan fingerprint density at radius 3 is 2.38 bits per heavy atom. The quantitative estimate of drug-likeness (QED) is 0.807. The van der Waals surface area contributed by atoms with E-state index in [2.05, 4.69) is 4.40 Å². The normalized spacial score (nSPS) is 14.9. The van der Waals surface area contributed by atoms with Crippen molar-refractivity contribution in [3.8, 4) is 5.75 Å². The zero-order valence-electron chi connectivity index (χ0n) is 10.0. The van der Waals surface area contributed by atoms with Gasteiger partial charge in [0.2, 0.25) is 0 Å². The van der Waals surface area contributed by atoms with Crippen LogP contribution in [0.15, 0.2) is 28.7 Å². The minimum absolute atomic E-state index is 0.162. The first-order valence-corrected chi connectivity index (χ1v) is 6.18. The minimum atomic E-state index is -1.30. The third-order valence-electron chi connectivity index (χ3n) is 2.04. The van der Waals surface area contributed by atoms with E-state index in [4.69, 9.17) is 0 Å². The van der Waals surface area contributed by atoms with Gasteiger partial charge in [0.1, 0.15) is 16.7 Å². The number of para-hydroxylation sites is 1. The monoisotopic (exact) mass is 239 g/mol. The summed E-state index contributed by atoms with van der Waals surface area (Å²) >= 11 is 0. The molecule has 0 fully saturated rings. The van der Waals surface area contributed by atoms with Gasteiger partial charge in [0, 0.05) is 5.56 Å². The van der Waals surface area contributed by atoms with Gasteiger partial charge in [0.05, 0.1) is 10.5 Å². The van der Waals surface area contributed by atoms with Crippen LogP contribution in [0.25, 0.3) is 0 Å². The second-order valence-electron chi connectivity index (χ2n) is 4.56. The van der Waals surface area contributed by atoms with E-state index in [9.17, 15) is 9.32 Å². The molecule has 1 aromatic rings. The van der Waals surface area contributed by atoms with Crippen molar-refractivity contribution in [1.82, 2.24) is 0 Å². The highest BCUT2D eigenvalue weighted by Crippen LogP contribution is 2.19. The van der Waals surface area contributed by atoms with Crippen LogP contribution in [0.2, 0.25) is 0 Å². The summed E-state index contributed by atoms with van der Waals surface area (Å²) in [4.78, 5) is 0. The molecule has 3 nitrogen and oxygen atoms in total. The number of hydrogen-bond acceptors (Lipinski definition) is 2. The summed E-state index contributed by atoms with van der Waals surface area (Å²) in [7, 11) is -1.30. The smallest absolute Gasteiger partial charge is 0.145 e. The van der Waals surface area contributed by atoms with Crippen LogP contribution < -0.4 is 0 Å². The Kier molecular flexibility index (Phi) is 3.86. The van der Waals surface area contributed by atoms with Crippen molar-refractivity contribution in [2.24, 2.45) is 4.40 Å². The van der Waals surface area contributed by atoms with Gasteiger partial charge in [-0.25, -0.2) is 4.21 Å². The van der Waals surface area contributed by atoms with Gasteiger partial charge >= 0.3 is 0 Å². The summed E-state index contributed by atoms with van der Waals surface area (Å²) in [5, 5.41) is 9.62. The number of rotatable bonds is 2. The molecule has 0 spiro atoms. The van der Waals surface area contributed by atoms with Crippen molar-refractivity contribution >= 4 is 16.7 Å². The van der Waals surface area contributed by atoms with Crippen molar-refractivity contribution in [3.05, 3.63) is 29.8 Å². The van der Waals surface area contributed by atoms with E-state index in [1.165, 1.54) is 0 Å². The molecule has 0 aliphatic rings. The first-order chi connectivity index (χ1) is 7.32. The molecule has 1 atom stereocenters. The summed E-state index contributed by atoms with van der Waals surface area (Å²) in [6.07, 6.45) is 0. The Morgan fingerprint density at radius 2 is 1.88 bits per heavy atom. The van der Waals surface area contributed by atoms with Gasteiger partial charge in [-0.3, -0.25) is 0 Å². The van der Waals surface area contributed by atoms with Crippen LogP contribution in [-0.2, 0) is 11.0 Å². The molecule has 0 amide bonds. The fourth-order valence-electron chi connectivity index (χ4n) is 1.09. The molecule has 0 aromatic heterocycles. The summed E-state index contributed by atoms with van der Waals surface area (Å²) in [6.45, 7) is 7.35. The number of phenols is 1. The molecule has 1 unspecified atom stereocenters. The number of hydrogen-bond donors (Lipinski definition) is 1. The molecule has 0 bridgehead atoms. The average molecular weight is 239 g/mol. The SMILES string of the molecule is CC(=NS(=O)C(C)(C)C)c1ccccc1O. The van der Waals surface area contributed by atoms with Gasteiger partial charge < -0.3 is 5.11 Å². The molecule has 16 heavy (non-hydrogen) atoms. The molecule has 4 heteroatoms. The van der Waals surface area contributed by atoms with Gasteiger partial charge in [-0.2, -0.15) is 4.40 Å². The lowest BCUT2D eigenvalue weighted by atomic mass is 10.1. The van der Waals surface area contributed by atoms with Crippen molar-refractivity contribution in [1.29, 1.82) is 0 Å². The molecule has 1 aromatic carbocycles. The number of benzene rings is 1. The zero-order chi connectivity index (χ0) is 12.3. The molecule has 0 saturated carbocycles. The number of nitrogens with zero attached hydrogens (tertiary/aromatic N) is 1. The van der Waals surface area contributed by atoms with E-state index in [1.54, 1.807) is 25.1 Å².